The smallest absolute Gasteiger partial charge is 0.340 e. The number of benzene rings is 2. The maximum atomic E-state index is 12.3. The molecule has 0 aliphatic rings. The summed E-state index contributed by atoms with van der Waals surface area (Å²) >= 11 is 0. The quantitative estimate of drug-likeness (QED) is 0.753. The van der Waals surface area contributed by atoms with Crippen molar-refractivity contribution in [1.82, 2.24) is 0 Å². The van der Waals surface area contributed by atoms with Crippen molar-refractivity contribution in [2.24, 2.45) is 0 Å². The first-order valence-corrected chi connectivity index (χ1v) is 9.65. The minimum atomic E-state index is -1.34. The molecule has 0 aliphatic carbocycles. The van der Waals surface area contributed by atoms with Crippen molar-refractivity contribution in [3.05, 3.63) is 54.1 Å². The third kappa shape index (κ3) is 5.16. The summed E-state index contributed by atoms with van der Waals surface area (Å²) in [5.41, 5.74) is 0.755. The average molecular weight is 375 g/mol. The lowest BCUT2D eigenvalue weighted by atomic mass is 10.2. The topological polar surface area (TPSA) is 81.7 Å². The number of carbonyl (C=O) groups is 2. The molecule has 26 heavy (non-hydrogen) atoms. The zero-order valence-electron chi connectivity index (χ0n) is 14.9. The van der Waals surface area contributed by atoms with E-state index < -0.39 is 28.8 Å². The maximum absolute atomic E-state index is 12.3. The van der Waals surface area contributed by atoms with Gasteiger partial charge in [-0.15, -0.1) is 0 Å². The van der Waals surface area contributed by atoms with Crippen LogP contribution in [0.1, 0.15) is 24.2 Å². The van der Waals surface area contributed by atoms with Gasteiger partial charge in [-0.3, -0.25) is 9.00 Å². The van der Waals surface area contributed by atoms with Crippen molar-refractivity contribution < 1.29 is 23.3 Å². The third-order valence-corrected chi connectivity index (χ3v) is 4.48. The monoisotopic (exact) mass is 375 g/mol. The SMILES string of the molecule is CCOc1ccc(NC(=O)[C@H](C)OC(=O)c2ccccc2[S@@](C)=O)cc1. The van der Waals surface area contributed by atoms with E-state index >= 15 is 0 Å². The van der Waals surface area contributed by atoms with E-state index in [1.165, 1.54) is 19.2 Å². The molecule has 0 spiro atoms. The number of carbonyl (C=O) groups excluding carboxylic acids is 2. The van der Waals surface area contributed by atoms with E-state index in [1.54, 1.807) is 42.5 Å². The number of amides is 1. The largest absolute Gasteiger partial charge is 0.494 e. The van der Waals surface area contributed by atoms with Crippen LogP contribution in [-0.2, 0) is 20.3 Å². The molecular formula is C19H21NO5S. The zero-order valence-corrected chi connectivity index (χ0v) is 15.7. The Balaban J connectivity index is 2.00. The van der Waals surface area contributed by atoms with Crippen LogP contribution in [-0.4, -0.2) is 35.1 Å². The lowest BCUT2D eigenvalue weighted by molar-refractivity contribution is -0.123. The van der Waals surface area contributed by atoms with Crippen molar-refractivity contribution in [3.63, 3.8) is 0 Å². The molecule has 138 valence electrons. The summed E-state index contributed by atoms with van der Waals surface area (Å²) in [4.78, 5) is 24.9. The highest BCUT2D eigenvalue weighted by Crippen LogP contribution is 2.17. The van der Waals surface area contributed by atoms with Gasteiger partial charge in [-0.05, 0) is 50.2 Å². The van der Waals surface area contributed by atoms with Gasteiger partial charge in [0.05, 0.1) is 27.9 Å². The molecule has 1 N–H and O–H groups in total. The second-order valence-corrected chi connectivity index (χ2v) is 6.79. The van der Waals surface area contributed by atoms with Crippen molar-refractivity contribution in [2.75, 3.05) is 18.2 Å². The van der Waals surface area contributed by atoms with E-state index in [9.17, 15) is 13.8 Å². The molecule has 2 rings (SSSR count). The highest BCUT2D eigenvalue weighted by molar-refractivity contribution is 7.84. The fourth-order valence-corrected chi connectivity index (χ4v) is 2.94. The second-order valence-electron chi connectivity index (χ2n) is 5.44. The van der Waals surface area contributed by atoms with E-state index in [0.29, 0.717) is 22.9 Å². The summed E-state index contributed by atoms with van der Waals surface area (Å²) in [5, 5.41) is 2.67. The minimum absolute atomic E-state index is 0.189. The number of hydrogen-bond acceptors (Lipinski definition) is 5. The molecule has 0 fully saturated rings. The molecule has 0 saturated carbocycles. The second kappa shape index (κ2) is 9.15. The van der Waals surface area contributed by atoms with Crippen molar-refractivity contribution in [2.45, 2.75) is 24.8 Å². The summed E-state index contributed by atoms with van der Waals surface area (Å²) < 4.78 is 22.3. The third-order valence-electron chi connectivity index (χ3n) is 3.50. The van der Waals surface area contributed by atoms with E-state index in [-0.39, 0.29) is 5.56 Å². The van der Waals surface area contributed by atoms with Crippen LogP contribution in [0.3, 0.4) is 0 Å². The number of ether oxygens (including phenoxy) is 2. The van der Waals surface area contributed by atoms with Gasteiger partial charge in [0, 0.05) is 11.9 Å². The Labute approximate surface area is 155 Å². The van der Waals surface area contributed by atoms with Gasteiger partial charge in [0.25, 0.3) is 5.91 Å². The molecule has 0 radical (unpaired) electrons. The van der Waals surface area contributed by atoms with Crippen LogP contribution in [0, 0.1) is 0 Å². The summed E-state index contributed by atoms with van der Waals surface area (Å²) in [6, 6.07) is 13.3. The highest BCUT2D eigenvalue weighted by Gasteiger charge is 2.21. The molecular weight excluding hydrogens is 354 g/mol. The first-order valence-electron chi connectivity index (χ1n) is 8.09. The molecule has 7 heteroatoms. The van der Waals surface area contributed by atoms with E-state index in [2.05, 4.69) is 5.32 Å². The van der Waals surface area contributed by atoms with Gasteiger partial charge in [-0.25, -0.2) is 4.79 Å². The van der Waals surface area contributed by atoms with Crippen LogP contribution >= 0.6 is 0 Å². The summed E-state index contributed by atoms with van der Waals surface area (Å²) in [6.07, 6.45) is 0.473. The van der Waals surface area contributed by atoms with Gasteiger partial charge in [0.15, 0.2) is 6.10 Å². The molecule has 2 atom stereocenters. The molecule has 2 aromatic carbocycles. The van der Waals surface area contributed by atoms with Crippen LogP contribution in [0.25, 0.3) is 0 Å². The predicted octanol–water partition coefficient (Wildman–Crippen LogP) is 3.01. The van der Waals surface area contributed by atoms with E-state index in [0.717, 1.165) is 0 Å². The van der Waals surface area contributed by atoms with Crippen LogP contribution in [0.5, 0.6) is 5.75 Å². The first kappa shape index (κ1) is 19.7. The van der Waals surface area contributed by atoms with E-state index in [4.69, 9.17) is 9.47 Å². The Kier molecular flexibility index (Phi) is 6.91. The lowest BCUT2D eigenvalue weighted by Crippen LogP contribution is -2.30. The molecule has 0 unspecified atom stereocenters. The fraction of sp³-hybridized carbons (Fsp3) is 0.263. The number of rotatable bonds is 7. The summed E-state index contributed by atoms with van der Waals surface area (Å²) in [7, 11) is -1.34. The Hall–Kier alpha value is -2.67. The Morgan fingerprint density at radius 3 is 2.38 bits per heavy atom. The molecule has 0 heterocycles. The van der Waals surface area contributed by atoms with Crippen molar-refractivity contribution >= 4 is 28.4 Å². The van der Waals surface area contributed by atoms with Crippen LogP contribution in [0.4, 0.5) is 5.69 Å². The normalized spacial score (nSPS) is 12.7. The van der Waals surface area contributed by atoms with E-state index in [1.807, 2.05) is 6.92 Å². The zero-order chi connectivity index (χ0) is 19.1. The molecule has 1 amide bonds. The van der Waals surface area contributed by atoms with Gasteiger partial charge >= 0.3 is 5.97 Å². The van der Waals surface area contributed by atoms with Gasteiger partial charge in [0.1, 0.15) is 5.75 Å². The Morgan fingerprint density at radius 2 is 1.77 bits per heavy atom. The summed E-state index contributed by atoms with van der Waals surface area (Å²) in [5.74, 6) is -0.447. The predicted molar refractivity (Wildman–Crippen MR) is 99.9 cm³/mol. The number of anilines is 1. The number of hydrogen-bond donors (Lipinski definition) is 1. The minimum Gasteiger partial charge on any atom is -0.494 e. The summed E-state index contributed by atoms with van der Waals surface area (Å²) in [6.45, 7) is 3.92. The standard InChI is InChI=1S/C19H21NO5S/c1-4-24-15-11-9-14(10-12-15)20-18(21)13(2)25-19(22)16-7-5-6-8-17(16)26(3)23/h5-13H,4H2,1-3H3,(H,20,21)/t13-,26+/m0/s1. The van der Waals surface area contributed by atoms with Crippen LogP contribution in [0.2, 0.25) is 0 Å². The highest BCUT2D eigenvalue weighted by atomic mass is 32.2. The molecule has 0 aliphatic heterocycles. The molecule has 6 nitrogen and oxygen atoms in total. The van der Waals surface area contributed by atoms with Gasteiger partial charge in [-0.2, -0.15) is 0 Å². The first-order chi connectivity index (χ1) is 12.4. The van der Waals surface area contributed by atoms with Gasteiger partial charge < -0.3 is 14.8 Å². The Bertz CT molecular complexity index is 804. The van der Waals surface area contributed by atoms with Crippen LogP contribution < -0.4 is 10.1 Å². The molecule has 2 aromatic rings. The van der Waals surface area contributed by atoms with Gasteiger partial charge in [-0.1, -0.05) is 12.1 Å². The van der Waals surface area contributed by atoms with Crippen molar-refractivity contribution in [3.8, 4) is 5.75 Å². The number of nitrogens with one attached hydrogen (secondary N) is 1. The van der Waals surface area contributed by atoms with Crippen LogP contribution in [0.15, 0.2) is 53.4 Å². The molecule has 0 bridgehead atoms. The van der Waals surface area contributed by atoms with Gasteiger partial charge in [0.2, 0.25) is 0 Å². The average Bonchev–Trinajstić information content (AvgIpc) is 2.63. The lowest BCUT2D eigenvalue weighted by Gasteiger charge is -2.15. The molecule has 0 saturated heterocycles. The Morgan fingerprint density at radius 1 is 1.12 bits per heavy atom. The maximum Gasteiger partial charge on any atom is 0.340 e. The fourth-order valence-electron chi connectivity index (χ4n) is 2.21. The molecule has 0 aromatic heterocycles. The number of esters is 1. The van der Waals surface area contributed by atoms with Crippen molar-refractivity contribution in [1.29, 1.82) is 0 Å².